The number of hydrogen-bond donors (Lipinski definition) is 0. The summed E-state index contributed by atoms with van der Waals surface area (Å²) in [5.41, 5.74) is 14.1. The first-order chi connectivity index (χ1) is 27.2. The highest BCUT2D eigenvalue weighted by Gasteiger charge is 2.18. The number of aromatic nitrogens is 2. The van der Waals surface area contributed by atoms with Crippen molar-refractivity contribution in [2.24, 2.45) is 0 Å². The molecular weight excluding hydrogens is 667 g/mol. The third-order valence-electron chi connectivity index (χ3n) is 11.2. The summed E-state index contributed by atoms with van der Waals surface area (Å²) in [6, 6.07) is 67.2. The van der Waals surface area contributed by atoms with Gasteiger partial charge >= 0.3 is 0 Å². The van der Waals surface area contributed by atoms with Crippen molar-refractivity contribution in [1.82, 2.24) is 9.38 Å². The van der Waals surface area contributed by atoms with Gasteiger partial charge in [-0.05, 0) is 108 Å². The third kappa shape index (κ3) is 4.86. The molecular formula is C52H31N3. The lowest BCUT2D eigenvalue weighted by molar-refractivity contribution is 1.32. The van der Waals surface area contributed by atoms with Crippen LogP contribution >= 0.6 is 0 Å². The maximum Gasteiger partial charge on any atom is 0.189 e. The average Bonchev–Trinajstić information content (AvgIpc) is 3.66. The maximum absolute atomic E-state index is 7.71. The van der Waals surface area contributed by atoms with E-state index in [1.165, 1.54) is 54.9 Å². The van der Waals surface area contributed by atoms with Crippen LogP contribution in [0.25, 0.3) is 109 Å². The summed E-state index contributed by atoms with van der Waals surface area (Å²) >= 11 is 0. The summed E-state index contributed by atoms with van der Waals surface area (Å²) in [6.45, 7) is 7.71. The first kappa shape index (κ1) is 31.0. The van der Waals surface area contributed by atoms with Crippen LogP contribution in [0.3, 0.4) is 0 Å². The molecule has 0 spiro atoms. The molecule has 0 aliphatic carbocycles. The third-order valence-corrected chi connectivity index (χ3v) is 11.2. The molecule has 0 amide bonds. The van der Waals surface area contributed by atoms with Crippen molar-refractivity contribution in [2.75, 3.05) is 0 Å². The minimum Gasteiger partial charge on any atom is -0.293 e. The Kier molecular flexibility index (Phi) is 6.92. The molecule has 0 aliphatic heterocycles. The standard InChI is InChI=1S/C52H31N3/c1-53-39-26-29-40-45-30-37(25-28-44(45)52-54-47-18-10-11-19-48(47)55(52)49(40)32-39)33-20-22-34(23-21-33)38-24-27-43-46(31-38)51(36-14-6-3-7-15-36)42-17-9-8-16-41(42)50(43)35-12-4-2-5-13-35/h2-32H. The average molecular weight is 698 g/mol. The molecule has 3 heteroatoms. The minimum absolute atomic E-state index is 0.617. The van der Waals surface area contributed by atoms with Crippen LogP contribution in [0.2, 0.25) is 0 Å². The number of rotatable bonds is 4. The molecule has 2 aromatic heterocycles. The van der Waals surface area contributed by atoms with E-state index in [0.717, 1.165) is 49.5 Å². The smallest absolute Gasteiger partial charge is 0.189 e. The number of nitrogens with zero attached hydrogens (tertiary/aromatic N) is 3. The molecule has 0 N–H and O–H groups in total. The summed E-state index contributed by atoms with van der Waals surface area (Å²) in [5.74, 6) is 0. The van der Waals surface area contributed by atoms with Crippen molar-refractivity contribution in [2.45, 2.75) is 0 Å². The number of imidazole rings is 1. The molecule has 0 unspecified atom stereocenters. The van der Waals surface area contributed by atoms with E-state index in [-0.39, 0.29) is 0 Å². The van der Waals surface area contributed by atoms with Crippen molar-refractivity contribution in [3.8, 4) is 44.5 Å². The highest BCUT2D eigenvalue weighted by Crippen LogP contribution is 2.45. The molecule has 0 saturated carbocycles. The molecule has 0 fully saturated rings. The lowest BCUT2D eigenvalue weighted by Crippen LogP contribution is -1.92. The largest absolute Gasteiger partial charge is 0.293 e. The van der Waals surface area contributed by atoms with E-state index in [4.69, 9.17) is 11.6 Å². The number of pyridine rings is 1. The van der Waals surface area contributed by atoms with Gasteiger partial charge in [0.1, 0.15) is 5.65 Å². The highest BCUT2D eigenvalue weighted by molar-refractivity contribution is 6.22. The lowest BCUT2D eigenvalue weighted by atomic mass is 9.85. The molecule has 0 radical (unpaired) electrons. The molecule has 9 aromatic carbocycles. The summed E-state index contributed by atoms with van der Waals surface area (Å²) in [7, 11) is 0. The molecule has 0 aliphatic rings. The van der Waals surface area contributed by atoms with Gasteiger partial charge in [0.05, 0.1) is 17.6 Å². The van der Waals surface area contributed by atoms with Crippen LogP contribution in [0.5, 0.6) is 0 Å². The van der Waals surface area contributed by atoms with Gasteiger partial charge in [-0.2, -0.15) is 0 Å². The fourth-order valence-electron chi connectivity index (χ4n) is 8.64. The van der Waals surface area contributed by atoms with Gasteiger partial charge in [-0.15, -0.1) is 0 Å². The van der Waals surface area contributed by atoms with Gasteiger partial charge in [-0.1, -0.05) is 152 Å². The minimum atomic E-state index is 0.617. The van der Waals surface area contributed by atoms with E-state index in [9.17, 15) is 0 Å². The second-order valence-electron chi connectivity index (χ2n) is 14.2. The van der Waals surface area contributed by atoms with Crippen LogP contribution < -0.4 is 0 Å². The maximum atomic E-state index is 7.71. The zero-order chi connectivity index (χ0) is 36.5. The molecule has 254 valence electrons. The van der Waals surface area contributed by atoms with Crippen molar-refractivity contribution < 1.29 is 0 Å². The van der Waals surface area contributed by atoms with Crippen LogP contribution in [0.4, 0.5) is 5.69 Å². The topological polar surface area (TPSA) is 21.7 Å². The molecule has 0 saturated heterocycles. The van der Waals surface area contributed by atoms with Crippen molar-refractivity contribution >= 4 is 65.6 Å². The van der Waals surface area contributed by atoms with Crippen molar-refractivity contribution in [3.05, 3.63) is 199 Å². The first-order valence-electron chi connectivity index (χ1n) is 18.6. The molecule has 3 nitrogen and oxygen atoms in total. The predicted molar refractivity (Wildman–Crippen MR) is 231 cm³/mol. The Hall–Kier alpha value is -7.54. The van der Waals surface area contributed by atoms with E-state index in [0.29, 0.717) is 5.69 Å². The summed E-state index contributed by atoms with van der Waals surface area (Å²) in [5, 5.41) is 8.31. The van der Waals surface area contributed by atoms with Gasteiger partial charge in [-0.25, -0.2) is 9.83 Å². The number of fused-ring (bicyclic) bond motifs is 10. The van der Waals surface area contributed by atoms with Gasteiger partial charge in [0.2, 0.25) is 0 Å². The summed E-state index contributed by atoms with van der Waals surface area (Å²) in [6.07, 6.45) is 0. The first-order valence-corrected chi connectivity index (χ1v) is 18.6. The molecule has 0 bridgehead atoms. The van der Waals surface area contributed by atoms with Crippen LogP contribution in [0, 0.1) is 6.57 Å². The van der Waals surface area contributed by atoms with Gasteiger partial charge in [0, 0.05) is 16.3 Å². The Morgan fingerprint density at radius 1 is 0.364 bits per heavy atom. The summed E-state index contributed by atoms with van der Waals surface area (Å²) in [4.78, 5) is 8.82. The fraction of sp³-hybridized carbons (Fsp3) is 0. The lowest BCUT2D eigenvalue weighted by Gasteiger charge is -2.18. The number of para-hydroxylation sites is 2. The Bertz CT molecular complexity index is 3350. The Morgan fingerprint density at radius 3 is 1.53 bits per heavy atom. The second kappa shape index (κ2) is 12.3. The SMILES string of the molecule is [C-]#[N+]c1ccc2c3cc(-c4ccc(-c5ccc6c(-c7ccccc7)c7ccccc7c(-c7ccccc7)c6c5)cc4)ccc3c3nc4ccccc4n3c2c1. The van der Waals surface area contributed by atoms with Gasteiger partial charge < -0.3 is 0 Å². The van der Waals surface area contributed by atoms with Gasteiger partial charge in [-0.3, -0.25) is 4.40 Å². The summed E-state index contributed by atoms with van der Waals surface area (Å²) < 4.78 is 2.20. The number of benzene rings is 9. The Balaban J connectivity index is 1.07. The predicted octanol–water partition coefficient (Wildman–Crippen LogP) is 14.3. The molecule has 0 atom stereocenters. The van der Waals surface area contributed by atoms with E-state index < -0.39 is 0 Å². The van der Waals surface area contributed by atoms with E-state index in [1.807, 2.05) is 24.3 Å². The van der Waals surface area contributed by atoms with Crippen LogP contribution in [-0.4, -0.2) is 9.38 Å². The Labute approximate surface area is 317 Å². The van der Waals surface area contributed by atoms with E-state index >= 15 is 0 Å². The monoisotopic (exact) mass is 697 g/mol. The zero-order valence-corrected chi connectivity index (χ0v) is 29.7. The van der Waals surface area contributed by atoms with Crippen molar-refractivity contribution in [3.63, 3.8) is 0 Å². The molecule has 55 heavy (non-hydrogen) atoms. The van der Waals surface area contributed by atoms with Crippen LogP contribution in [0.15, 0.2) is 188 Å². The molecule has 11 rings (SSSR count). The van der Waals surface area contributed by atoms with E-state index in [2.05, 4.69) is 173 Å². The molecule has 2 heterocycles. The van der Waals surface area contributed by atoms with Crippen molar-refractivity contribution in [1.29, 1.82) is 0 Å². The zero-order valence-electron chi connectivity index (χ0n) is 29.7. The Morgan fingerprint density at radius 2 is 0.873 bits per heavy atom. The van der Waals surface area contributed by atoms with E-state index in [1.54, 1.807) is 0 Å². The number of hydrogen-bond acceptors (Lipinski definition) is 1. The van der Waals surface area contributed by atoms with Gasteiger partial charge in [0.25, 0.3) is 0 Å². The fourth-order valence-corrected chi connectivity index (χ4v) is 8.64. The molecule has 11 aromatic rings. The van der Waals surface area contributed by atoms with Crippen LogP contribution in [-0.2, 0) is 0 Å². The second-order valence-corrected chi connectivity index (χ2v) is 14.2. The highest BCUT2D eigenvalue weighted by atomic mass is 15.0. The van der Waals surface area contributed by atoms with Gasteiger partial charge in [0.15, 0.2) is 5.69 Å². The quantitative estimate of drug-likeness (QED) is 0.102. The normalized spacial score (nSPS) is 11.6. The van der Waals surface area contributed by atoms with Crippen LogP contribution in [0.1, 0.15) is 0 Å².